The van der Waals surface area contributed by atoms with Crippen LogP contribution in [-0.2, 0) is 26.9 Å². The van der Waals surface area contributed by atoms with E-state index < -0.39 is 24.0 Å². The number of carboxylic acid groups (broad SMARTS) is 1. The Kier molecular flexibility index (Phi) is 9.42. The maximum absolute atomic E-state index is 13.8. The predicted octanol–water partition coefficient (Wildman–Crippen LogP) is 3.01. The molecule has 0 aliphatic carbocycles. The Labute approximate surface area is 229 Å². The van der Waals surface area contributed by atoms with Crippen LogP contribution in [0.3, 0.4) is 0 Å². The minimum absolute atomic E-state index is 0.0639. The van der Waals surface area contributed by atoms with Crippen LogP contribution in [0.2, 0.25) is 0 Å². The molecule has 0 bridgehead atoms. The van der Waals surface area contributed by atoms with Crippen molar-refractivity contribution in [2.24, 2.45) is 5.92 Å². The quantitative estimate of drug-likeness (QED) is 0.450. The number of nitrogens with zero attached hydrogens (tertiary/aromatic N) is 5. The average Bonchev–Trinajstić information content (AvgIpc) is 3.43. The summed E-state index contributed by atoms with van der Waals surface area (Å²) in [6, 6.07) is 9.96. The van der Waals surface area contributed by atoms with Crippen LogP contribution in [-0.4, -0.2) is 72.4 Å². The maximum atomic E-state index is 13.8. The van der Waals surface area contributed by atoms with Gasteiger partial charge in [0.05, 0.1) is 18.2 Å². The van der Waals surface area contributed by atoms with Gasteiger partial charge in [-0.15, -0.1) is 0 Å². The van der Waals surface area contributed by atoms with Gasteiger partial charge in [0, 0.05) is 32.2 Å². The number of anilines is 2. The Balaban J connectivity index is 1.42. The van der Waals surface area contributed by atoms with Gasteiger partial charge in [-0.3, -0.25) is 4.79 Å². The minimum atomic E-state index is -4.76. The van der Waals surface area contributed by atoms with Gasteiger partial charge in [0.2, 0.25) is 11.7 Å². The number of hydrogen-bond donors (Lipinski definition) is 2. The van der Waals surface area contributed by atoms with Crippen LogP contribution < -0.4 is 15.1 Å². The number of aromatic nitrogens is 2. The summed E-state index contributed by atoms with van der Waals surface area (Å²) in [6.07, 6.45) is -1.84. The number of piperidine rings is 1. The monoisotopic (exact) mass is 560 g/mol. The first-order valence-corrected chi connectivity index (χ1v) is 13.2. The predicted molar refractivity (Wildman–Crippen MR) is 139 cm³/mol. The molecule has 2 saturated heterocycles. The standard InChI is InChI=1S/C27H31F3N6O4/c28-27(29,30)26-33-22(35-12-8-20(9-13-35)16-40-17-24(37)38)14-23(34-26)36-11-1-2-21(36)25(39)32-10-7-18-3-5-19(15-31)6-4-18/h3-6,14,20-21H,1-2,7-13,16-17H2,(H,32,39)(H,37,38)/t21-/m0/s1. The van der Waals surface area contributed by atoms with Crippen LogP contribution in [0.25, 0.3) is 0 Å². The first kappa shape index (κ1) is 29.1. The molecule has 3 heterocycles. The molecule has 0 spiro atoms. The van der Waals surface area contributed by atoms with Crippen molar-refractivity contribution in [3.8, 4) is 6.07 Å². The highest BCUT2D eigenvalue weighted by atomic mass is 19.4. The highest BCUT2D eigenvalue weighted by Crippen LogP contribution is 2.34. The highest BCUT2D eigenvalue weighted by Gasteiger charge is 2.38. The minimum Gasteiger partial charge on any atom is -0.480 e. The third-order valence-corrected chi connectivity index (χ3v) is 7.12. The molecule has 2 aliphatic heterocycles. The Morgan fingerprint density at radius 2 is 1.80 bits per heavy atom. The van der Waals surface area contributed by atoms with Crippen molar-refractivity contribution in [3.63, 3.8) is 0 Å². The third kappa shape index (κ3) is 7.59. The molecule has 1 atom stereocenters. The average molecular weight is 561 g/mol. The molecule has 1 aromatic heterocycles. The van der Waals surface area contributed by atoms with Crippen molar-refractivity contribution >= 4 is 23.5 Å². The molecule has 214 valence electrons. The summed E-state index contributed by atoms with van der Waals surface area (Å²) < 4.78 is 46.5. The van der Waals surface area contributed by atoms with Gasteiger partial charge >= 0.3 is 12.1 Å². The third-order valence-electron chi connectivity index (χ3n) is 7.12. The zero-order chi connectivity index (χ0) is 28.7. The van der Waals surface area contributed by atoms with E-state index in [0.29, 0.717) is 63.8 Å². The molecule has 0 unspecified atom stereocenters. The highest BCUT2D eigenvalue weighted by molar-refractivity contribution is 5.85. The van der Waals surface area contributed by atoms with E-state index in [1.165, 1.54) is 6.07 Å². The number of nitriles is 1. The molecular formula is C27H31F3N6O4. The molecule has 2 fully saturated rings. The summed E-state index contributed by atoms with van der Waals surface area (Å²) in [5, 5.41) is 20.5. The van der Waals surface area contributed by atoms with E-state index in [0.717, 1.165) is 5.56 Å². The molecule has 1 amide bonds. The molecule has 2 aromatic rings. The fourth-order valence-electron chi connectivity index (χ4n) is 5.01. The molecule has 0 radical (unpaired) electrons. The van der Waals surface area contributed by atoms with Crippen molar-refractivity contribution in [1.29, 1.82) is 5.26 Å². The lowest BCUT2D eigenvalue weighted by Crippen LogP contribution is -2.44. The largest absolute Gasteiger partial charge is 0.480 e. The fourth-order valence-corrected chi connectivity index (χ4v) is 5.01. The fraction of sp³-hybridized carbons (Fsp3) is 0.519. The number of alkyl halides is 3. The van der Waals surface area contributed by atoms with Crippen LogP contribution in [0, 0.1) is 17.2 Å². The van der Waals surface area contributed by atoms with E-state index in [9.17, 15) is 22.8 Å². The van der Waals surface area contributed by atoms with E-state index in [-0.39, 0.29) is 36.7 Å². The van der Waals surface area contributed by atoms with Crippen LogP contribution in [0.15, 0.2) is 30.3 Å². The number of carbonyl (C=O) groups excluding carboxylic acids is 1. The van der Waals surface area contributed by atoms with Crippen LogP contribution >= 0.6 is 0 Å². The number of halogens is 3. The summed E-state index contributed by atoms with van der Waals surface area (Å²) in [5.41, 5.74) is 1.50. The van der Waals surface area contributed by atoms with Gasteiger partial charge in [0.25, 0.3) is 0 Å². The van der Waals surface area contributed by atoms with Gasteiger partial charge in [-0.1, -0.05) is 12.1 Å². The first-order chi connectivity index (χ1) is 19.1. The number of nitrogens with one attached hydrogen (secondary N) is 1. The maximum Gasteiger partial charge on any atom is 0.451 e. The summed E-state index contributed by atoms with van der Waals surface area (Å²) >= 11 is 0. The Morgan fingerprint density at radius 3 is 2.45 bits per heavy atom. The number of rotatable bonds is 10. The van der Waals surface area contributed by atoms with Gasteiger partial charge in [0.15, 0.2) is 0 Å². The van der Waals surface area contributed by atoms with Gasteiger partial charge in [-0.25, -0.2) is 14.8 Å². The molecule has 0 saturated carbocycles. The molecule has 2 N–H and O–H groups in total. The van der Waals surface area contributed by atoms with Crippen molar-refractivity contribution in [2.45, 2.75) is 44.3 Å². The lowest BCUT2D eigenvalue weighted by atomic mass is 9.98. The zero-order valence-corrected chi connectivity index (χ0v) is 21.9. The van der Waals surface area contributed by atoms with E-state index in [1.54, 1.807) is 21.9 Å². The Morgan fingerprint density at radius 1 is 1.10 bits per heavy atom. The number of benzene rings is 1. The van der Waals surface area contributed by atoms with E-state index in [1.807, 2.05) is 12.1 Å². The second-order valence-electron chi connectivity index (χ2n) is 9.95. The molecule has 10 nitrogen and oxygen atoms in total. The molecule has 40 heavy (non-hydrogen) atoms. The molecule has 13 heteroatoms. The first-order valence-electron chi connectivity index (χ1n) is 13.2. The smallest absolute Gasteiger partial charge is 0.451 e. The topological polar surface area (TPSA) is 132 Å². The van der Waals surface area contributed by atoms with Gasteiger partial charge in [0.1, 0.15) is 24.3 Å². The lowest BCUT2D eigenvalue weighted by molar-refractivity contribution is -0.145. The van der Waals surface area contributed by atoms with Crippen molar-refractivity contribution in [2.75, 3.05) is 49.2 Å². The molecule has 4 rings (SSSR count). The van der Waals surface area contributed by atoms with Crippen molar-refractivity contribution in [3.05, 3.63) is 47.3 Å². The van der Waals surface area contributed by atoms with Crippen LogP contribution in [0.1, 0.15) is 42.6 Å². The summed E-state index contributed by atoms with van der Waals surface area (Å²) in [5.74, 6) is -2.26. The number of aliphatic carboxylic acids is 1. The van der Waals surface area contributed by atoms with E-state index in [4.69, 9.17) is 15.1 Å². The van der Waals surface area contributed by atoms with Gasteiger partial charge < -0.3 is 25.0 Å². The number of amides is 1. The number of carboxylic acids is 1. The van der Waals surface area contributed by atoms with E-state index in [2.05, 4.69) is 21.4 Å². The molecule has 1 aromatic carbocycles. The normalized spacial score (nSPS) is 18.0. The van der Waals surface area contributed by atoms with Crippen molar-refractivity contribution < 1.29 is 32.6 Å². The zero-order valence-electron chi connectivity index (χ0n) is 21.9. The second-order valence-corrected chi connectivity index (χ2v) is 9.95. The van der Waals surface area contributed by atoms with Gasteiger partial charge in [-0.2, -0.15) is 18.4 Å². The lowest BCUT2D eigenvalue weighted by Gasteiger charge is -2.33. The second kappa shape index (κ2) is 13.0. The molecular weight excluding hydrogens is 529 g/mol. The van der Waals surface area contributed by atoms with Crippen LogP contribution in [0.4, 0.5) is 24.8 Å². The van der Waals surface area contributed by atoms with Crippen molar-refractivity contribution in [1.82, 2.24) is 15.3 Å². The van der Waals surface area contributed by atoms with Gasteiger partial charge in [-0.05, 0) is 55.7 Å². The van der Waals surface area contributed by atoms with Crippen LogP contribution in [0.5, 0.6) is 0 Å². The number of carbonyl (C=O) groups is 2. The Bertz CT molecular complexity index is 1230. The number of ether oxygens (including phenoxy) is 1. The summed E-state index contributed by atoms with van der Waals surface area (Å²) in [7, 11) is 0. The van der Waals surface area contributed by atoms with E-state index >= 15 is 0 Å². The Hall–Kier alpha value is -3.92. The SMILES string of the molecule is N#Cc1ccc(CCNC(=O)[C@@H]2CCCN2c2cc(N3CCC(COCC(=O)O)CC3)nc(C(F)(F)F)n2)cc1. The molecule has 2 aliphatic rings. The summed E-state index contributed by atoms with van der Waals surface area (Å²) in [4.78, 5) is 34.7. The number of hydrogen-bond acceptors (Lipinski definition) is 8. The summed E-state index contributed by atoms with van der Waals surface area (Å²) in [6.45, 7) is 1.51.